The average Bonchev–Trinajstić information content (AvgIpc) is 3.10. The lowest BCUT2D eigenvalue weighted by molar-refractivity contribution is 0.0921. The van der Waals surface area contributed by atoms with Crippen molar-refractivity contribution >= 4 is 16.7 Å². The van der Waals surface area contributed by atoms with Gasteiger partial charge in [0.1, 0.15) is 5.76 Å². The number of hydrogen-bond acceptors (Lipinski definition) is 3. The van der Waals surface area contributed by atoms with Gasteiger partial charge in [-0.1, -0.05) is 47.5 Å². The number of furan rings is 1. The van der Waals surface area contributed by atoms with Crippen molar-refractivity contribution in [2.45, 2.75) is 31.0 Å². The van der Waals surface area contributed by atoms with Crippen LogP contribution < -0.4 is 5.32 Å². The lowest BCUT2D eigenvalue weighted by Crippen LogP contribution is -2.22. The molecule has 1 N–H and O–H groups in total. The first kappa shape index (κ1) is 18.1. The Morgan fingerprint density at radius 1 is 0.923 bits per heavy atom. The van der Waals surface area contributed by atoms with Gasteiger partial charge in [0.25, 0.3) is 5.91 Å². The molecule has 2 aromatic carbocycles. The lowest BCUT2D eigenvalue weighted by Gasteiger charge is -2.04. The molecule has 1 amide bonds. The minimum absolute atomic E-state index is 0.230. The van der Waals surface area contributed by atoms with Gasteiger partial charge in [0.2, 0.25) is 0 Å². The average molecular weight is 367 g/mol. The van der Waals surface area contributed by atoms with Gasteiger partial charge in [-0.2, -0.15) is 0 Å². The minimum Gasteiger partial charge on any atom is -0.455 e. The predicted molar refractivity (Wildman–Crippen MR) is 102 cm³/mol. The van der Waals surface area contributed by atoms with Gasteiger partial charge < -0.3 is 9.73 Å². The number of hydrogen-bond donors (Lipinski definition) is 1. The van der Waals surface area contributed by atoms with E-state index in [-0.39, 0.29) is 17.4 Å². The molecule has 0 spiro atoms. The van der Waals surface area contributed by atoms with Gasteiger partial charge in [0, 0.05) is 11.4 Å². The SMILES string of the molecule is Cc1ccc(CNC(=O)c2ccc(C[S@](=O)c3ccc(C)cc3)o2)cc1. The Balaban J connectivity index is 1.58. The smallest absolute Gasteiger partial charge is 0.287 e. The summed E-state index contributed by atoms with van der Waals surface area (Å²) in [6.45, 7) is 4.44. The van der Waals surface area contributed by atoms with Crippen molar-refractivity contribution in [2.24, 2.45) is 0 Å². The van der Waals surface area contributed by atoms with E-state index in [0.717, 1.165) is 16.0 Å². The molecule has 0 aliphatic carbocycles. The maximum absolute atomic E-state index is 12.4. The summed E-state index contributed by atoms with van der Waals surface area (Å²) in [5.41, 5.74) is 3.32. The van der Waals surface area contributed by atoms with Gasteiger partial charge in [0.15, 0.2) is 5.76 Å². The highest BCUT2D eigenvalue weighted by Crippen LogP contribution is 2.16. The Morgan fingerprint density at radius 3 is 2.19 bits per heavy atom. The van der Waals surface area contributed by atoms with Crippen LogP contribution in [0.5, 0.6) is 0 Å². The Morgan fingerprint density at radius 2 is 1.54 bits per heavy atom. The second kappa shape index (κ2) is 8.15. The zero-order valence-electron chi connectivity index (χ0n) is 14.8. The van der Waals surface area contributed by atoms with Gasteiger partial charge >= 0.3 is 0 Å². The maximum Gasteiger partial charge on any atom is 0.287 e. The molecule has 0 aliphatic rings. The van der Waals surface area contributed by atoms with Crippen LogP contribution in [-0.4, -0.2) is 10.1 Å². The number of aryl methyl sites for hydroxylation is 2. The summed E-state index contributed by atoms with van der Waals surface area (Å²) in [5.74, 6) is 0.726. The van der Waals surface area contributed by atoms with Crippen LogP contribution in [-0.2, 0) is 23.1 Å². The van der Waals surface area contributed by atoms with Gasteiger partial charge in [-0.15, -0.1) is 0 Å². The number of nitrogens with one attached hydrogen (secondary N) is 1. The lowest BCUT2D eigenvalue weighted by atomic mass is 10.1. The molecule has 3 rings (SSSR count). The van der Waals surface area contributed by atoms with E-state index in [9.17, 15) is 9.00 Å². The Bertz CT molecular complexity index is 911. The predicted octanol–water partition coefficient (Wildman–Crippen LogP) is 4.13. The molecule has 4 nitrogen and oxygen atoms in total. The van der Waals surface area contributed by atoms with Crippen molar-refractivity contribution < 1.29 is 13.4 Å². The van der Waals surface area contributed by atoms with E-state index < -0.39 is 10.8 Å². The highest BCUT2D eigenvalue weighted by molar-refractivity contribution is 7.84. The molecular formula is C21H21NO3S. The molecule has 0 saturated carbocycles. The van der Waals surface area contributed by atoms with E-state index in [2.05, 4.69) is 5.32 Å². The van der Waals surface area contributed by atoms with Crippen molar-refractivity contribution in [2.75, 3.05) is 0 Å². The normalized spacial score (nSPS) is 11.9. The van der Waals surface area contributed by atoms with E-state index in [1.165, 1.54) is 5.56 Å². The highest BCUT2D eigenvalue weighted by Gasteiger charge is 2.13. The Labute approximate surface area is 155 Å². The Hall–Kier alpha value is -2.66. The first-order chi connectivity index (χ1) is 12.5. The summed E-state index contributed by atoms with van der Waals surface area (Å²) in [7, 11) is -1.20. The van der Waals surface area contributed by atoms with E-state index >= 15 is 0 Å². The third-order valence-corrected chi connectivity index (χ3v) is 5.36. The molecule has 1 atom stereocenters. The summed E-state index contributed by atoms with van der Waals surface area (Å²) < 4.78 is 18.0. The number of carbonyl (C=O) groups is 1. The molecule has 3 aromatic rings. The van der Waals surface area contributed by atoms with Gasteiger partial charge in [0.05, 0.1) is 16.6 Å². The Kier molecular flexibility index (Phi) is 5.68. The van der Waals surface area contributed by atoms with E-state index in [4.69, 9.17) is 4.42 Å². The van der Waals surface area contributed by atoms with Crippen LogP contribution in [0, 0.1) is 13.8 Å². The van der Waals surface area contributed by atoms with E-state index in [1.54, 1.807) is 12.1 Å². The molecule has 0 fully saturated rings. The van der Waals surface area contributed by atoms with Crippen LogP contribution in [0.25, 0.3) is 0 Å². The third kappa shape index (κ3) is 4.70. The fourth-order valence-corrected chi connectivity index (χ4v) is 3.48. The van der Waals surface area contributed by atoms with Crippen molar-refractivity contribution in [3.05, 3.63) is 88.9 Å². The van der Waals surface area contributed by atoms with Crippen LogP contribution in [0.15, 0.2) is 70.0 Å². The maximum atomic E-state index is 12.4. The number of carbonyl (C=O) groups excluding carboxylic acids is 1. The number of amides is 1. The fourth-order valence-electron chi connectivity index (χ4n) is 2.46. The van der Waals surface area contributed by atoms with Crippen molar-refractivity contribution in [1.29, 1.82) is 0 Å². The van der Waals surface area contributed by atoms with Crippen molar-refractivity contribution in [3.63, 3.8) is 0 Å². The molecule has 0 aliphatic heterocycles. The zero-order chi connectivity index (χ0) is 18.5. The van der Waals surface area contributed by atoms with Gasteiger partial charge in [-0.25, -0.2) is 0 Å². The standard InChI is InChI=1S/C21H21NO3S/c1-15-3-7-17(8-4-15)13-22-21(23)20-12-9-18(25-20)14-26(24)19-10-5-16(2)6-11-19/h3-12H,13-14H2,1-2H3,(H,22,23)/t26-/m0/s1. The monoisotopic (exact) mass is 367 g/mol. The molecule has 0 unspecified atom stereocenters. The molecule has 26 heavy (non-hydrogen) atoms. The number of rotatable bonds is 6. The second-order valence-electron chi connectivity index (χ2n) is 6.24. The summed E-state index contributed by atoms with van der Waals surface area (Å²) in [6, 6.07) is 18.9. The zero-order valence-corrected chi connectivity index (χ0v) is 15.6. The first-order valence-electron chi connectivity index (χ1n) is 8.39. The third-order valence-electron chi connectivity index (χ3n) is 4.02. The van der Waals surface area contributed by atoms with Crippen LogP contribution in [0.2, 0.25) is 0 Å². The topological polar surface area (TPSA) is 59.3 Å². The largest absolute Gasteiger partial charge is 0.455 e. The van der Waals surface area contributed by atoms with Crippen LogP contribution >= 0.6 is 0 Å². The van der Waals surface area contributed by atoms with Gasteiger partial charge in [-0.05, 0) is 43.7 Å². The second-order valence-corrected chi connectivity index (χ2v) is 7.69. The molecule has 0 saturated heterocycles. The van der Waals surface area contributed by atoms with Gasteiger partial charge in [-0.3, -0.25) is 9.00 Å². The first-order valence-corrected chi connectivity index (χ1v) is 9.70. The molecular weight excluding hydrogens is 346 g/mol. The molecule has 1 heterocycles. The van der Waals surface area contributed by atoms with E-state index in [1.807, 2.05) is 62.4 Å². The quantitative estimate of drug-likeness (QED) is 0.712. The molecule has 1 aromatic heterocycles. The molecule has 0 bridgehead atoms. The fraction of sp³-hybridized carbons (Fsp3) is 0.190. The van der Waals surface area contributed by atoms with Crippen LogP contribution in [0.3, 0.4) is 0 Å². The molecule has 0 radical (unpaired) electrons. The minimum atomic E-state index is -1.20. The van der Waals surface area contributed by atoms with Crippen LogP contribution in [0.1, 0.15) is 33.0 Å². The summed E-state index contributed by atoms with van der Waals surface area (Å²) in [6.07, 6.45) is 0. The summed E-state index contributed by atoms with van der Waals surface area (Å²) in [4.78, 5) is 13.0. The van der Waals surface area contributed by atoms with Crippen molar-refractivity contribution in [3.8, 4) is 0 Å². The van der Waals surface area contributed by atoms with Crippen LogP contribution in [0.4, 0.5) is 0 Å². The molecule has 134 valence electrons. The summed E-state index contributed by atoms with van der Waals surface area (Å²) in [5, 5.41) is 2.83. The van der Waals surface area contributed by atoms with Crippen molar-refractivity contribution in [1.82, 2.24) is 5.32 Å². The summed E-state index contributed by atoms with van der Waals surface area (Å²) >= 11 is 0. The number of benzene rings is 2. The highest BCUT2D eigenvalue weighted by atomic mass is 32.2. The van der Waals surface area contributed by atoms with E-state index in [0.29, 0.717) is 12.3 Å². The molecule has 5 heteroatoms.